The molecule has 0 aliphatic carbocycles. The zero-order valence-electron chi connectivity index (χ0n) is 13.4. The lowest BCUT2D eigenvalue weighted by Crippen LogP contribution is -2.44. The Morgan fingerprint density at radius 2 is 1.82 bits per heavy atom. The average molecular weight is 328 g/mol. The number of benzene rings is 1. The van der Waals surface area contributed by atoms with E-state index in [9.17, 15) is 13.2 Å². The molecule has 1 aromatic carbocycles. The lowest BCUT2D eigenvalue weighted by molar-refractivity contribution is 0.0506. The molecule has 6 nitrogen and oxygen atoms in total. The Morgan fingerprint density at radius 1 is 1.27 bits per heavy atom. The third-order valence-electron chi connectivity index (χ3n) is 2.84. The first-order valence-corrected chi connectivity index (χ1v) is 8.89. The zero-order valence-corrected chi connectivity index (χ0v) is 14.2. The SMILES string of the molecule is CC(C)(C)OC(=O)NC(CN)Cc1ccc(S(C)(=O)=O)cc1. The van der Waals surface area contributed by atoms with Crippen LogP contribution >= 0.6 is 0 Å². The molecule has 22 heavy (non-hydrogen) atoms. The van der Waals surface area contributed by atoms with Crippen molar-refractivity contribution < 1.29 is 17.9 Å². The quantitative estimate of drug-likeness (QED) is 0.853. The van der Waals surface area contributed by atoms with E-state index in [-0.39, 0.29) is 17.5 Å². The molecular weight excluding hydrogens is 304 g/mol. The van der Waals surface area contributed by atoms with Crippen molar-refractivity contribution in [3.63, 3.8) is 0 Å². The topological polar surface area (TPSA) is 98.5 Å². The van der Waals surface area contributed by atoms with Gasteiger partial charge in [0.15, 0.2) is 9.84 Å². The van der Waals surface area contributed by atoms with Gasteiger partial charge in [0.2, 0.25) is 0 Å². The first-order chi connectivity index (χ1) is 10.0. The second-order valence-electron chi connectivity index (χ2n) is 6.20. The number of nitrogens with two attached hydrogens (primary N) is 1. The molecule has 0 radical (unpaired) electrons. The highest BCUT2D eigenvalue weighted by atomic mass is 32.2. The molecule has 7 heteroatoms. The Hall–Kier alpha value is -1.60. The summed E-state index contributed by atoms with van der Waals surface area (Å²) in [5.41, 5.74) is 5.98. The molecular formula is C15H24N2O4S. The van der Waals surface area contributed by atoms with Gasteiger partial charge in [-0.3, -0.25) is 0 Å². The van der Waals surface area contributed by atoms with Gasteiger partial charge in [0.1, 0.15) is 5.60 Å². The molecule has 1 amide bonds. The summed E-state index contributed by atoms with van der Waals surface area (Å²) in [5, 5.41) is 2.71. The number of rotatable bonds is 5. The normalized spacial score (nSPS) is 13.5. The Labute approximate surface area is 132 Å². The van der Waals surface area contributed by atoms with Gasteiger partial charge in [-0.1, -0.05) is 12.1 Å². The Kier molecular flexibility index (Phi) is 5.96. The van der Waals surface area contributed by atoms with Gasteiger partial charge < -0.3 is 15.8 Å². The number of nitrogens with one attached hydrogen (secondary N) is 1. The minimum atomic E-state index is -3.21. The molecule has 0 aliphatic rings. The fourth-order valence-corrected chi connectivity index (χ4v) is 2.46. The molecule has 0 aliphatic heterocycles. The number of ether oxygens (including phenoxy) is 1. The zero-order chi connectivity index (χ0) is 17.0. The molecule has 0 aromatic heterocycles. The number of carbonyl (C=O) groups excluding carboxylic acids is 1. The van der Waals surface area contributed by atoms with E-state index >= 15 is 0 Å². The van der Waals surface area contributed by atoms with E-state index < -0.39 is 21.5 Å². The standard InChI is InChI=1S/C15H24N2O4S/c1-15(2,3)21-14(18)17-12(10-16)9-11-5-7-13(8-6-11)22(4,19)20/h5-8,12H,9-10,16H2,1-4H3,(H,17,18). The molecule has 0 saturated carbocycles. The molecule has 0 bridgehead atoms. The van der Waals surface area contributed by atoms with Gasteiger partial charge >= 0.3 is 6.09 Å². The van der Waals surface area contributed by atoms with Crippen LogP contribution < -0.4 is 11.1 Å². The third-order valence-corrected chi connectivity index (χ3v) is 3.97. The van der Waals surface area contributed by atoms with Crippen LogP contribution in [0.5, 0.6) is 0 Å². The van der Waals surface area contributed by atoms with Crippen molar-refractivity contribution in [1.29, 1.82) is 0 Å². The van der Waals surface area contributed by atoms with Crippen molar-refractivity contribution in [3.05, 3.63) is 29.8 Å². The van der Waals surface area contributed by atoms with Gasteiger partial charge in [0.05, 0.1) is 4.90 Å². The predicted molar refractivity (Wildman–Crippen MR) is 85.5 cm³/mol. The maximum Gasteiger partial charge on any atom is 0.407 e. The molecule has 0 heterocycles. The van der Waals surface area contributed by atoms with Crippen molar-refractivity contribution in [1.82, 2.24) is 5.32 Å². The van der Waals surface area contributed by atoms with Gasteiger partial charge in [-0.2, -0.15) is 0 Å². The molecule has 3 N–H and O–H groups in total. The van der Waals surface area contributed by atoms with Crippen LogP contribution in [0, 0.1) is 0 Å². The maximum absolute atomic E-state index is 11.7. The predicted octanol–water partition coefficient (Wildman–Crippen LogP) is 1.48. The van der Waals surface area contributed by atoms with E-state index in [1.807, 2.05) is 0 Å². The van der Waals surface area contributed by atoms with E-state index in [1.54, 1.807) is 45.0 Å². The van der Waals surface area contributed by atoms with Crippen molar-refractivity contribution in [2.45, 2.75) is 43.7 Å². The second kappa shape index (κ2) is 7.11. The van der Waals surface area contributed by atoms with Crippen LogP contribution in [0.15, 0.2) is 29.2 Å². The molecule has 1 aromatic rings. The fourth-order valence-electron chi connectivity index (χ4n) is 1.82. The second-order valence-corrected chi connectivity index (χ2v) is 8.21. The van der Waals surface area contributed by atoms with Crippen LogP contribution in [0.25, 0.3) is 0 Å². The number of hydrogen-bond acceptors (Lipinski definition) is 5. The molecule has 0 saturated heterocycles. The average Bonchev–Trinajstić information content (AvgIpc) is 2.35. The molecule has 1 atom stereocenters. The van der Waals surface area contributed by atoms with Gasteiger partial charge in [-0.15, -0.1) is 0 Å². The van der Waals surface area contributed by atoms with Crippen LogP contribution in [0.1, 0.15) is 26.3 Å². The van der Waals surface area contributed by atoms with Gasteiger partial charge in [0.25, 0.3) is 0 Å². The maximum atomic E-state index is 11.7. The molecule has 0 spiro atoms. The van der Waals surface area contributed by atoms with Crippen LogP contribution in [0.3, 0.4) is 0 Å². The van der Waals surface area contributed by atoms with Gasteiger partial charge in [-0.05, 0) is 44.9 Å². The Morgan fingerprint density at radius 3 is 2.23 bits per heavy atom. The first-order valence-electron chi connectivity index (χ1n) is 7.00. The van der Waals surface area contributed by atoms with Gasteiger partial charge in [-0.25, -0.2) is 13.2 Å². The third kappa shape index (κ3) is 6.44. The van der Waals surface area contributed by atoms with E-state index in [2.05, 4.69) is 5.32 Å². The monoisotopic (exact) mass is 328 g/mol. The smallest absolute Gasteiger partial charge is 0.407 e. The summed E-state index contributed by atoms with van der Waals surface area (Å²) in [5.74, 6) is 0. The summed E-state index contributed by atoms with van der Waals surface area (Å²) in [4.78, 5) is 12.0. The van der Waals surface area contributed by atoms with E-state index in [1.165, 1.54) is 0 Å². The van der Waals surface area contributed by atoms with Crippen LogP contribution in [-0.4, -0.2) is 39.0 Å². The first kappa shape index (κ1) is 18.4. The summed E-state index contributed by atoms with van der Waals surface area (Å²) in [6, 6.07) is 6.25. The van der Waals surface area contributed by atoms with E-state index in [4.69, 9.17) is 10.5 Å². The summed E-state index contributed by atoms with van der Waals surface area (Å²) in [6.07, 6.45) is 1.14. The van der Waals surface area contributed by atoms with Crippen molar-refractivity contribution in [2.75, 3.05) is 12.8 Å². The number of alkyl carbamates (subject to hydrolysis) is 1. The van der Waals surface area contributed by atoms with Crippen molar-refractivity contribution >= 4 is 15.9 Å². The van der Waals surface area contributed by atoms with Crippen LogP contribution in [0.2, 0.25) is 0 Å². The Bertz CT molecular complexity index is 603. The van der Waals surface area contributed by atoms with Crippen LogP contribution in [0.4, 0.5) is 4.79 Å². The molecule has 0 fully saturated rings. The Balaban J connectivity index is 2.68. The fraction of sp³-hybridized carbons (Fsp3) is 0.533. The van der Waals surface area contributed by atoms with Crippen molar-refractivity contribution in [3.8, 4) is 0 Å². The molecule has 1 rings (SSSR count). The summed E-state index contributed by atoms with van der Waals surface area (Å²) in [7, 11) is -3.21. The van der Waals surface area contributed by atoms with Crippen molar-refractivity contribution in [2.24, 2.45) is 5.73 Å². The number of hydrogen-bond donors (Lipinski definition) is 2. The lowest BCUT2D eigenvalue weighted by Gasteiger charge is -2.23. The number of sulfone groups is 1. The van der Waals surface area contributed by atoms with E-state index in [0.29, 0.717) is 6.42 Å². The van der Waals surface area contributed by atoms with Crippen LogP contribution in [-0.2, 0) is 21.0 Å². The summed E-state index contributed by atoms with van der Waals surface area (Å²) < 4.78 is 28.0. The highest BCUT2D eigenvalue weighted by Gasteiger charge is 2.19. The molecule has 124 valence electrons. The molecule has 1 unspecified atom stereocenters. The number of amides is 1. The lowest BCUT2D eigenvalue weighted by atomic mass is 10.1. The highest BCUT2D eigenvalue weighted by molar-refractivity contribution is 7.90. The number of carbonyl (C=O) groups is 1. The summed E-state index contributed by atoms with van der Waals surface area (Å²) >= 11 is 0. The summed E-state index contributed by atoms with van der Waals surface area (Å²) in [6.45, 7) is 5.61. The van der Waals surface area contributed by atoms with Gasteiger partial charge in [0, 0.05) is 18.8 Å². The minimum absolute atomic E-state index is 0.257. The minimum Gasteiger partial charge on any atom is -0.444 e. The highest BCUT2D eigenvalue weighted by Crippen LogP contribution is 2.12. The largest absolute Gasteiger partial charge is 0.444 e. The van der Waals surface area contributed by atoms with E-state index in [0.717, 1.165) is 11.8 Å².